The lowest BCUT2D eigenvalue weighted by atomic mass is 9.85. The van der Waals surface area contributed by atoms with Crippen molar-refractivity contribution in [2.75, 3.05) is 33.5 Å². The van der Waals surface area contributed by atoms with Crippen LogP contribution in [0.15, 0.2) is 12.2 Å². The molecular formula is C13H25NO3. The summed E-state index contributed by atoms with van der Waals surface area (Å²) < 4.78 is 16.4. The summed E-state index contributed by atoms with van der Waals surface area (Å²) >= 11 is 0. The van der Waals surface area contributed by atoms with Gasteiger partial charge in [-0.1, -0.05) is 12.2 Å². The largest absolute Gasteiger partial charge is 0.377 e. The lowest BCUT2D eigenvalue weighted by molar-refractivity contribution is -0.131. The van der Waals surface area contributed by atoms with Gasteiger partial charge in [0.05, 0.1) is 25.4 Å². The summed E-state index contributed by atoms with van der Waals surface area (Å²) in [5, 5.41) is 3.42. The Bertz CT molecular complexity index is 233. The van der Waals surface area contributed by atoms with E-state index in [1.807, 2.05) is 13.8 Å². The quantitative estimate of drug-likeness (QED) is 0.490. The van der Waals surface area contributed by atoms with E-state index >= 15 is 0 Å². The fraction of sp³-hybridized carbons (Fsp3) is 0.846. The van der Waals surface area contributed by atoms with Crippen molar-refractivity contribution in [3.8, 4) is 0 Å². The van der Waals surface area contributed by atoms with E-state index in [0.717, 1.165) is 25.1 Å². The minimum absolute atomic E-state index is 0.177. The molecule has 0 amide bonds. The van der Waals surface area contributed by atoms with Crippen molar-refractivity contribution in [3.63, 3.8) is 0 Å². The summed E-state index contributed by atoms with van der Waals surface area (Å²) in [6.45, 7) is 10.7. The van der Waals surface area contributed by atoms with Gasteiger partial charge in [-0.2, -0.15) is 0 Å². The third-order valence-corrected chi connectivity index (χ3v) is 2.90. The zero-order chi connectivity index (χ0) is 12.7. The van der Waals surface area contributed by atoms with Crippen molar-refractivity contribution >= 4 is 0 Å². The molecule has 1 aliphatic rings. The normalized spacial score (nSPS) is 27.8. The molecule has 100 valence electrons. The molecule has 4 heteroatoms. The van der Waals surface area contributed by atoms with Crippen molar-refractivity contribution in [3.05, 3.63) is 12.2 Å². The van der Waals surface area contributed by atoms with Gasteiger partial charge < -0.3 is 19.5 Å². The van der Waals surface area contributed by atoms with Gasteiger partial charge >= 0.3 is 0 Å². The maximum absolute atomic E-state index is 5.56. The lowest BCUT2D eigenvalue weighted by Gasteiger charge is -2.43. The molecule has 1 saturated carbocycles. The van der Waals surface area contributed by atoms with Crippen LogP contribution >= 0.6 is 0 Å². The van der Waals surface area contributed by atoms with Crippen LogP contribution in [0.4, 0.5) is 0 Å². The van der Waals surface area contributed by atoms with E-state index in [0.29, 0.717) is 19.3 Å². The molecule has 3 unspecified atom stereocenters. The Hall–Kier alpha value is -0.420. The molecule has 1 rings (SSSR count). The summed E-state index contributed by atoms with van der Waals surface area (Å²) in [7, 11) is 1.74. The number of rotatable bonds is 9. The number of methoxy groups -OCH3 is 1. The van der Waals surface area contributed by atoms with Crippen LogP contribution in [-0.2, 0) is 14.2 Å². The molecule has 0 heterocycles. The Balaban J connectivity index is 2.06. The number of hydrogen-bond donors (Lipinski definition) is 1. The molecule has 1 fully saturated rings. The first kappa shape index (κ1) is 14.6. The fourth-order valence-corrected chi connectivity index (χ4v) is 2.04. The van der Waals surface area contributed by atoms with Gasteiger partial charge in [0, 0.05) is 26.3 Å². The molecular weight excluding hydrogens is 218 g/mol. The molecule has 1 N–H and O–H groups in total. The lowest BCUT2D eigenvalue weighted by Crippen LogP contribution is -2.60. The zero-order valence-electron chi connectivity index (χ0n) is 11.2. The number of nitrogens with one attached hydrogen (secondary N) is 1. The van der Waals surface area contributed by atoms with Crippen LogP contribution < -0.4 is 5.32 Å². The standard InChI is InChI=1S/C13H25NO3/c1-5-17-12-8-11(13(12)15-4)14-6-7-16-9-10(2)3/h11-14H,2,5-9H2,1,3-4H3. The van der Waals surface area contributed by atoms with E-state index in [2.05, 4.69) is 11.9 Å². The monoisotopic (exact) mass is 243 g/mol. The molecule has 3 atom stereocenters. The minimum Gasteiger partial charge on any atom is -0.377 e. The van der Waals surface area contributed by atoms with Gasteiger partial charge in [0.25, 0.3) is 0 Å². The molecule has 1 aliphatic carbocycles. The predicted molar refractivity (Wildman–Crippen MR) is 68.3 cm³/mol. The maximum Gasteiger partial charge on any atom is 0.0986 e. The smallest absolute Gasteiger partial charge is 0.0986 e. The van der Waals surface area contributed by atoms with Crippen molar-refractivity contribution in [1.29, 1.82) is 0 Å². The highest BCUT2D eigenvalue weighted by atomic mass is 16.5. The average molecular weight is 243 g/mol. The molecule has 0 spiro atoms. The van der Waals surface area contributed by atoms with Gasteiger partial charge in [-0.05, 0) is 20.3 Å². The minimum atomic E-state index is 0.177. The Labute approximate surface area is 104 Å². The summed E-state index contributed by atoms with van der Waals surface area (Å²) in [5.41, 5.74) is 1.06. The van der Waals surface area contributed by atoms with Gasteiger partial charge in [-0.3, -0.25) is 0 Å². The molecule has 0 aromatic carbocycles. The summed E-state index contributed by atoms with van der Waals surface area (Å²) in [4.78, 5) is 0. The Morgan fingerprint density at radius 1 is 1.47 bits per heavy atom. The SMILES string of the molecule is C=C(C)COCCNC1CC(OCC)C1OC. The van der Waals surface area contributed by atoms with Gasteiger partial charge in [-0.25, -0.2) is 0 Å². The van der Waals surface area contributed by atoms with Crippen LogP contribution in [0.5, 0.6) is 0 Å². The first-order valence-corrected chi connectivity index (χ1v) is 6.29. The number of ether oxygens (including phenoxy) is 3. The van der Waals surface area contributed by atoms with Crippen molar-refractivity contribution in [2.45, 2.75) is 38.5 Å². The molecule has 0 aliphatic heterocycles. The van der Waals surface area contributed by atoms with Crippen LogP contribution in [-0.4, -0.2) is 51.7 Å². The molecule has 0 aromatic rings. The fourth-order valence-electron chi connectivity index (χ4n) is 2.04. The van der Waals surface area contributed by atoms with Crippen LogP contribution in [0.2, 0.25) is 0 Å². The van der Waals surface area contributed by atoms with Crippen LogP contribution in [0.3, 0.4) is 0 Å². The molecule has 0 aromatic heterocycles. The highest BCUT2D eigenvalue weighted by Gasteiger charge is 2.41. The van der Waals surface area contributed by atoms with E-state index in [-0.39, 0.29) is 12.2 Å². The third-order valence-electron chi connectivity index (χ3n) is 2.90. The van der Waals surface area contributed by atoms with Gasteiger partial charge in [0.1, 0.15) is 0 Å². The molecule has 0 radical (unpaired) electrons. The Kier molecular flexibility index (Phi) is 6.73. The first-order valence-electron chi connectivity index (χ1n) is 6.29. The van der Waals surface area contributed by atoms with E-state index in [9.17, 15) is 0 Å². The van der Waals surface area contributed by atoms with Crippen LogP contribution in [0.25, 0.3) is 0 Å². The van der Waals surface area contributed by atoms with Gasteiger partial charge in [-0.15, -0.1) is 0 Å². The molecule has 0 bridgehead atoms. The van der Waals surface area contributed by atoms with Gasteiger partial charge in [0.15, 0.2) is 0 Å². The highest BCUT2D eigenvalue weighted by Crippen LogP contribution is 2.26. The molecule has 4 nitrogen and oxygen atoms in total. The average Bonchev–Trinajstić information content (AvgIpc) is 2.26. The topological polar surface area (TPSA) is 39.7 Å². The van der Waals surface area contributed by atoms with E-state index in [1.54, 1.807) is 7.11 Å². The maximum atomic E-state index is 5.56. The first-order chi connectivity index (χ1) is 8.19. The van der Waals surface area contributed by atoms with Gasteiger partial charge in [0.2, 0.25) is 0 Å². The van der Waals surface area contributed by atoms with Crippen molar-refractivity contribution < 1.29 is 14.2 Å². The highest BCUT2D eigenvalue weighted by molar-refractivity contribution is 4.97. The summed E-state index contributed by atoms with van der Waals surface area (Å²) in [6, 6.07) is 0.393. The Morgan fingerprint density at radius 2 is 2.24 bits per heavy atom. The molecule has 0 saturated heterocycles. The van der Waals surface area contributed by atoms with Crippen molar-refractivity contribution in [1.82, 2.24) is 5.32 Å². The van der Waals surface area contributed by atoms with Crippen molar-refractivity contribution in [2.24, 2.45) is 0 Å². The zero-order valence-corrected chi connectivity index (χ0v) is 11.2. The van der Waals surface area contributed by atoms with Crippen LogP contribution in [0.1, 0.15) is 20.3 Å². The van der Waals surface area contributed by atoms with E-state index in [1.165, 1.54) is 0 Å². The molecule has 17 heavy (non-hydrogen) atoms. The number of hydrogen-bond acceptors (Lipinski definition) is 4. The second-order valence-corrected chi connectivity index (χ2v) is 4.50. The Morgan fingerprint density at radius 3 is 2.82 bits per heavy atom. The van der Waals surface area contributed by atoms with Crippen LogP contribution in [0, 0.1) is 0 Å². The third kappa shape index (κ3) is 4.76. The second kappa shape index (κ2) is 7.82. The van der Waals surface area contributed by atoms with E-state index in [4.69, 9.17) is 14.2 Å². The predicted octanol–water partition coefficient (Wildman–Crippen LogP) is 1.36. The summed E-state index contributed by atoms with van der Waals surface area (Å²) in [6.07, 6.45) is 1.45. The van der Waals surface area contributed by atoms with E-state index < -0.39 is 0 Å². The summed E-state index contributed by atoms with van der Waals surface area (Å²) in [5.74, 6) is 0. The second-order valence-electron chi connectivity index (χ2n) is 4.50.